The fraction of sp³-hybridized carbons (Fsp3) is 0.417. The SMILES string of the molecule is CC(C)(C)c1ccc([C@@]2(C)NC(=O)N(CC(=O)Nc3sc4c(c3C(N)=O)CCC4)C2=O)cc1. The molecule has 1 aromatic carbocycles. The van der Waals surface area contributed by atoms with E-state index in [1.54, 1.807) is 6.92 Å². The van der Waals surface area contributed by atoms with E-state index in [9.17, 15) is 19.2 Å². The van der Waals surface area contributed by atoms with Crippen LogP contribution in [0.3, 0.4) is 0 Å². The molecule has 1 saturated heterocycles. The Hall–Kier alpha value is -3.20. The average molecular weight is 469 g/mol. The topological polar surface area (TPSA) is 122 Å². The number of fused-ring (bicyclic) bond motifs is 1. The normalized spacial score (nSPS) is 20.1. The highest BCUT2D eigenvalue weighted by Crippen LogP contribution is 2.39. The first-order valence-electron chi connectivity index (χ1n) is 10.9. The number of primary amides is 1. The number of thiophene rings is 1. The number of urea groups is 1. The van der Waals surface area contributed by atoms with Gasteiger partial charge in [0.25, 0.3) is 11.8 Å². The van der Waals surface area contributed by atoms with Gasteiger partial charge in [-0.1, -0.05) is 45.0 Å². The zero-order valence-corrected chi connectivity index (χ0v) is 20.0. The van der Waals surface area contributed by atoms with E-state index in [2.05, 4.69) is 31.4 Å². The van der Waals surface area contributed by atoms with Gasteiger partial charge in [-0.15, -0.1) is 11.3 Å². The first-order chi connectivity index (χ1) is 15.4. The predicted molar refractivity (Wildman–Crippen MR) is 126 cm³/mol. The van der Waals surface area contributed by atoms with E-state index in [4.69, 9.17) is 5.73 Å². The van der Waals surface area contributed by atoms with Crippen LogP contribution in [0.2, 0.25) is 0 Å². The number of nitrogens with zero attached hydrogens (tertiary/aromatic N) is 1. The van der Waals surface area contributed by atoms with Crippen molar-refractivity contribution in [2.75, 3.05) is 11.9 Å². The standard InChI is InChI=1S/C24H28N4O4S/c1-23(2,3)13-8-10-14(11-9-13)24(4)21(31)28(22(32)27-24)12-17(29)26-20-18(19(25)30)15-6-5-7-16(15)33-20/h8-11H,5-7,12H2,1-4H3,(H2,25,30)(H,26,29)(H,27,32)/t24-/m1/s1. The van der Waals surface area contributed by atoms with E-state index in [1.165, 1.54) is 11.3 Å². The third kappa shape index (κ3) is 4.01. The first kappa shape index (κ1) is 23.0. The predicted octanol–water partition coefficient (Wildman–Crippen LogP) is 3.04. The molecule has 0 unspecified atom stereocenters. The lowest BCUT2D eigenvalue weighted by Gasteiger charge is -2.24. The van der Waals surface area contributed by atoms with Crippen LogP contribution in [0.15, 0.2) is 24.3 Å². The Bertz CT molecular complexity index is 1160. The maximum absolute atomic E-state index is 13.2. The second-order valence-electron chi connectivity index (χ2n) is 9.75. The van der Waals surface area contributed by atoms with E-state index >= 15 is 0 Å². The third-order valence-electron chi connectivity index (χ3n) is 6.33. The Balaban J connectivity index is 1.51. The highest BCUT2D eigenvalue weighted by molar-refractivity contribution is 7.17. The number of carbonyl (C=O) groups is 4. The molecule has 33 heavy (non-hydrogen) atoms. The number of hydrogen-bond donors (Lipinski definition) is 3. The summed E-state index contributed by atoms with van der Waals surface area (Å²) in [6, 6.07) is 6.90. The van der Waals surface area contributed by atoms with Crippen molar-refractivity contribution in [2.45, 2.75) is 57.9 Å². The second-order valence-corrected chi connectivity index (χ2v) is 10.9. The molecule has 4 N–H and O–H groups in total. The Morgan fingerprint density at radius 3 is 2.45 bits per heavy atom. The van der Waals surface area contributed by atoms with Crippen LogP contribution in [0.1, 0.15) is 66.0 Å². The minimum atomic E-state index is -1.27. The van der Waals surface area contributed by atoms with Crippen molar-refractivity contribution in [1.82, 2.24) is 10.2 Å². The summed E-state index contributed by atoms with van der Waals surface area (Å²) in [6.45, 7) is 7.46. The summed E-state index contributed by atoms with van der Waals surface area (Å²) < 4.78 is 0. The zero-order valence-electron chi connectivity index (χ0n) is 19.2. The van der Waals surface area contributed by atoms with E-state index in [-0.39, 0.29) is 5.41 Å². The molecule has 4 rings (SSSR count). The van der Waals surface area contributed by atoms with Gasteiger partial charge in [-0.3, -0.25) is 19.3 Å². The van der Waals surface area contributed by atoms with Gasteiger partial charge in [-0.2, -0.15) is 0 Å². The molecule has 5 amide bonds. The largest absolute Gasteiger partial charge is 0.365 e. The maximum atomic E-state index is 13.2. The Morgan fingerprint density at radius 1 is 1.18 bits per heavy atom. The molecule has 2 aromatic rings. The molecule has 0 radical (unpaired) electrons. The van der Waals surface area contributed by atoms with E-state index in [0.717, 1.165) is 40.2 Å². The van der Waals surface area contributed by atoms with Crippen molar-refractivity contribution in [3.05, 3.63) is 51.4 Å². The van der Waals surface area contributed by atoms with Gasteiger partial charge in [0.2, 0.25) is 5.91 Å². The van der Waals surface area contributed by atoms with Gasteiger partial charge in [-0.25, -0.2) is 4.79 Å². The summed E-state index contributed by atoms with van der Waals surface area (Å²) in [7, 11) is 0. The lowest BCUT2D eigenvalue weighted by atomic mass is 9.84. The number of hydrogen-bond acceptors (Lipinski definition) is 5. The Kier molecular flexibility index (Phi) is 5.56. The molecule has 1 fully saturated rings. The zero-order chi connectivity index (χ0) is 24.1. The number of anilines is 1. The molecule has 0 bridgehead atoms. The second kappa shape index (κ2) is 7.98. The molecule has 1 aliphatic carbocycles. The minimum Gasteiger partial charge on any atom is -0.365 e. The van der Waals surface area contributed by atoms with Crippen LogP contribution in [0.4, 0.5) is 9.80 Å². The van der Waals surface area contributed by atoms with Crippen LogP contribution in [0.25, 0.3) is 0 Å². The van der Waals surface area contributed by atoms with Crippen LogP contribution in [0, 0.1) is 0 Å². The smallest absolute Gasteiger partial charge is 0.325 e. The van der Waals surface area contributed by atoms with Crippen LogP contribution >= 0.6 is 11.3 Å². The van der Waals surface area contributed by atoms with Gasteiger partial charge in [-0.05, 0) is 48.3 Å². The number of rotatable bonds is 5. The van der Waals surface area contributed by atoms with Gasteiger partial charge in [0.15, 0.2) is 0 Å². The number of amides is 5. The lowest BCUT2D eigenvalue weighted by Crippen LogP contribution is -2.42. The summed E-state index contributed by atoms with van der Waals surface area (Å²) >= 11 is 1.33. The van der Waals surface area contributed by atoms with Crippen molar-refractivity contribution in [3.8, 4) is 0 Å². The summed E-state index contributed by atoms with van der Waals surface area (Å²) in [5.74, 6) is -1.66. The molecule has 1 atom stereocenters. The fourth-order valence-corrected chi connectivity index (χ4v) is 5.71. The summed E-state index contributed by atoms with van der Waals surface area (Å²) in [4.78, 5) is 52.4. The summed E-state index contributed by atoms with van der Waals surface area (Å²) in [5, 5.41) is 5.79. The van der Waals surface area contributed by atoms with Crippen LogP contribution in [-0.4, -0.2) is 35.2 Å². The van der Waals surface area contributed by atoms with Crippen molar-refractivity contribution < 1.29 is 19.2 Å². The molecular formula is C24H28N4O4S. The van der Waals surface area contributed by atoms with Crippen molar-refractivity contribution in [3.63, 3.8) is 0 Å². The molecule has 174 valence electrons. The van der Waals surface area contributed by atoms with Crippen molar-refractivity contribution in [2.24, 2.45) is 5.73 Å². The lowest BCUT2D eigenvalue weighted by molar-refractivity contribution is -0.133. The maximum Gasteiger partial charge on any atom is 0.325 e. The third-order valence-corrected chi connectivity index (χ3v) is 7.53. The summed E-state index contributed by atoms with van der Waals surface area (Å²) in [5.41, 5.74) is 7.21. The molecule has 2 heterocycles. The molecule has 2 aliphatic rings. The quantitative estimate of drug-likeness (QED) is 0.584. The van der Waals surface area contributed by atoms with Crippen molar-refractivity contribution in [1.29, 1.82) is 0 Å². The van der Waals surface area contributed by atoms with Gasteiger partial charge in [0.1, 0.15) is 17.1 Å². The molecule has 0 saturated carbocycles. The van der Waals surface area contributed by atoms with E-state index < -0.39 is 35.8 Å². The number of aryl methyl sites for hydroxylation is 1. The number of imide groups is 1. The van der Waals surface area contributed by atoms with Crippen LogP contribution in [0.5, 0.6) is 0 Å². The molecule has 9 heteroatoms. The molecule has 8 nitrogen and oxygen atoms in total. The molecule has 1 aliphatic heterocycles. The number of nitrogens with two attached hydrogens (primary N) is 1. The fourth-order valence-electron chi connectivity index (χ4n) is 4.40. The number of nitrogens with one attached hydrogen (secondary N) is 2. The Morgan fingerprint density at radius 2 is 1.85 bits per heavy atom. The van der Waals surface area contributed by atoms with E-state index in [0.29, 0.717) is 16.1 Å². The van der Waals surface area contributed by atoms with Gasteiger partial charge < -0.3 is 16.4 Å². The van der Waals surface area contributed by atoms with Gasteiger partial charge in [0, 0.05) is 4.88 Å². The molecular weight excluding hydrogens is 440 g/mol. The monoisotopic (exact) mass is 468 g/mol. The van der Waals surface area contributed by atoms with Gasteiger partial charge in [0.05, 0.1) is 5.56 Å². The summed E-state index contributed by atoms with van der Waals surface area (Å²) in [6.07, 6.45) is 2.54. The number of carbonyl (C=O) groups excluding carboxylic acids is 4. The molecule has 1 aromatic heterocycles. The van der Waals surface area contributed by atoms with E-state index in [1.807, 2.05) is 24.3 Å². The average Bonchev–Trinajstić information content (AvgIpc) is 3.36. The van der Waals surface area contributed by atoms with Gasteiger partial charge >= 0.3 is 6.03 Å². The van der Waals surface area contributed by atoms with Crippen molar-refractivity contribution >= 4 is 40.1 Å². The number of benzene rings is 1. The highest BCUT2D eigenvalue weighted by Gasteiger charge is 2.49. The highest BCUT2D eigenvalue weighted by atomic mass is 32.1. The van der Waals surface area contributed by atoms with Crippen LogP contribution in [-0.2, 0) is 33.4 Å². The Labute approximate surface area is 196 Å². The minimum absolute atomic E-state index is 0.0434. The first-order valence-corrected chi connectivity index (χ1v) is 11.7. The molecule has 0 spiro atoms. The van der Waals surface area contributed by atoms with Crippen LogP contribution < -0.4 is 16.4 Å².